The molecule has 0 unspecified atom stereocenters. The van der Waals surface area contributed by atoms with E-state index in [1.165, 1.54) is 18.2 Å². The second-order valence-electron chi connectivity index (χ2n) is 3.64. The maximum absolute atomic E-state index is 13.1. The third-order valence-corrected chi connectivity index (χ3v) is 2.94. The van der Waals surface area contributed by atoms with E-state index in [9.17, 15) is 9.18 Å². The molecule has 98 valence electrons. The van der Waals surface area contributed by atoms with Crippen molar-refractivity contribution in [2.24, 2.45) is 0 Å². The molecule has 2 aromatic rings. The van der Waals surface area contributed by atoms with Crippen LogP contribution in [0.15, 0.2) is 34.8 Å². The molecule has 0 atom stereocenters. The fraction of sp³-hybridized carbons (Fsp3) is 0.0833. The van der Waals surface area contributed by atoms with Crippen molar-refractivity contribution in [2.45, 2.75) is 0 Å². The average molecular weight is 325 g/mol. The van der Waals surface area contributed by atoms with E-state index in [0.717, 1.165) is 0 Å². The molecule has 1 aromatic carbocycles. The third-order valence-electron chi connectivity index (χ3n) is 2.33. The molecule has 0 aliphatic rings. The number of nitrogens with one attached hydrogen (secondary N) is 2. The minimum atomic E-state index is -0.409. The Kier molecular flexibility index (Phi) is 4.06. The van der Waals surface area contributed by atoms with Gasteiger partial charge in [0.1, 0.15) is 11.6 Å². The fourth-order valence-electron chi connectivity index (χ4n) is 1.36. The lowest BCUT2D eigenvalue weighted by atomic mass is 10.3. The zero-order chi connectivity index (χ0) is 13.8. The maximum Gasteiger partial charge on any atom is 0.276 e. The van der Waals surface area contributed by atoms with Crippen LogP contribution >= 0.6 is 15.9 Å². The van der Waals surface area contributed by atoms with Crippen LogP contribution in [0.25, 0.3) is 0 Å². The first-order chi connectivity index (χ1) is 9.10. The highest BCUT2D eigenvalue weighted by molar-refractivity contribution is 9.10. The molecule has 0 fully saturated rings. The zero-order valence-electron chi connectivity index (χ0n) is 9.95. The van der Waals surface area contributed by atoms with Gasteiger partial charge in [-0.05, 0) is 46.3 Å². The first-order valence-electron chi connectivity index (χ1n) is 5.38. The number of rotatable bonds is 3. The van der Waals surface area contributed by atoms with Crippen LogP contribution in [0, 0.1) is 5.82 Å². The van der Waals surface area contributed by atoms with Gasteiger partial charge in [0.05, 0.1) is 4.47 Å². The highest BCUT2D eigenvalue weighted by atomic mass is 79.9. The lowest BCUT2D eigenvalue weighted by molar-refractivity contribution is 0.102. The molecule has 1 aromatic heterocycles. The summed E-state index contributed by atoms with van der Waals surface area (Å²) in [7, 11) is 1.71. The lowest BCUT2D eigenvalue weighted by Gasteiger charge is -2.05. The van der Waals surface area contributed by atoms with Gasteiger partial charge in [-0.1, -0.05) is 0 Å². The number of halogens is 2. The van der Waals surface area contributed by atoms with Crippen LogP contribution in [-0.2, 0) is 0 Å². The predicted octanol–water partition coefficient (Wildman–Crippen LogP) is 2.67. The minimum Gasteiger partial charge on any atom is -0.372 e. The van der Waals surface area contributed by atoms with Gasteiger partial charge in [0.2, 0.25) is 0 Å². The fourth-order valence-corrected chi connectivity index (χ4v) is 1.73. The molecule has 2 N–H and O–H groups in total. The highest BCUT2D eigenvalue weighted by Crippen LogP contribution is 2.20. The Morgan fingerprint density at radius 1 is 1.26 bits per heavy atom. The van der Waals surface area contributed by atoms with E-state index in [-0.39, 0.29) is 10.2 Å². The van der Waals surface area contributed by atoms with E-state index in [1.807, 2.05) is 0 Å². The van der Waals surface area contributed by atoms with E-state index in [2.05, 4.69) is 36.8 Å². The van der Waals surface area contributed by atoms with Crippen LogP contribution in [0.3, 0.4) is 0 Å². The van der Waals surface area contributed by atoms with Crippen LogP contribution in [-0.4, -0.2) is 23.2 Å². The maximum atomic E-state index is 13.1. The topological polar surface area (TPSA) is 66.9 Å². The molecule has 0 radical (unpaired) electrons. The van der Waals surface area contributed by atoms with E-state index in [4.69, 9.17) is 0 Å². The van der Waals surface area contributed by atoms with Crippen molar-refractivity contribution in [1.29, 1.82) is 0 Å². The number of hydrogen-bond donors (Lipinski definition) is 2. The van der Waals surface area contributed by atoms with Crippen molar-refractivity contribution in [3.05, 3.63) is 46.3 Å². The average Bonchev–Trinajstić information content (AvgIpc) is 2.43. The molecule has 0 saturated carbocycles. The van der Waals surface area contributed by atoms with Crippen molar-refractivity contribution in [3.63, 3.8) is 0 Å². The molecule has 0 bridgehead atoms. The van der Waals surface area contributed by atoms with Gasteiger partial charge < -0.3 is 10.6 Å². The Morgan fingerprint density at radius 2 is 2.05 bits per heavy atom. The number of carbonyl (C=O) groups is 1. The number of amides is 1. The molecule has 19 heavy (non-hydrogen) atoms. The van der Waals surface area contributed by atoms with Crippen LogP contribution in [0.1, 0.15) is 10.5 Å². The summed E-state index contributed by atoms with van der Waals surface area (Å²) in [4.78, 5) is 11.9. The summed E-state index contributed by atoms with van der Waals surface area (Å²) in [5.41, 5.74) is 0.650. The summed E-state index contributed by atoms with van der Waals surface area (Å²) in [6, 6.07) is 7.39. The highest BCUT2D eigenvalue weighted by Gasteiger charge is 2.09. The SMILES string of the molecule is CNc1ccc(C(=O)Nc2ccc(F)c(Br)c2)nn1. The number of hydrogen-bond acceptors (Lipinski definition) is 4. The largest absolute Gasteiger partial charge is 0.372 e. The molecule has 0 spiro atoms. The predicted molar refractivity (Wildman–Crippen MR) is 73.6 cm³/mol. The Bertz CT molecular complexity index is 603. The number of nitrogens with zero attached hydrogens (tertiary/aromatic N) is 2. The van der Waals surface area contributed by atoms with Gasteiger partial charge in [0.25, 0.3) is 5.91 Å². The van der Waals surface area contributed by atoms with Crippen molar-refractivity contribution in [2.75, 3.05) is 17.7 Å². The van der Waals surface area contributed by atoms with Gasteiger partial charge in [-0.2, -0.15) is 0 Å². The summed E-state index contributed by atoms with van der Waals surface area (Å²) in [5, 5.41) is 13.0. The van der Waals surface area contributed by atoms with Crippen LogP contribution in [0.2, 0.25) is 0 Å². The summed E-state index contributed by atoms with van der Waals surface area (Å²) < 4.78 is 13.3. The zero-order valence-corrected chi connectivity index (χ0v) is 11.5. The number of carbonyl (C=O) groups excluding carboxylic acids is 1. The molecule has 0 aliphatic carbocycles. The Labute approximate surface area is 117 Å². The third kappa shape index (κ3) is 3.25. The quantitative estimate of drug-likeness (QED) is 0.910. The number of anilines is 2. The molecule has 1 amide bonds. The van der Waals surface area contributed by atoms with Crippen LogP contribution in [0.4, 0.5) is 15.9 Å². The first-order valence-corrected chi connectivity index (χ1v) is 6.17. The van der Waals surface area contributed by atoms with Gasteiger partial charge >= 0.3 is 0 Å². The summed E-state index contributed by atoms with van der Waals surface area (Å²) >= 11 is 3.05. The number of aromatic nitrogens is 2. The van der Waals surface area contributed by atoms with E-state index < -0.39 is 11.7 Å². The molecular weight excluding hydrogens is 315 g/mol. The van der Waals surface area contributed by atoms with Crippen molar-refractivity contribution in [1.82, 2.24) is 10.2 Å². The molecule has 7 heteroatoms. The van der Waals surface area contributed by atoms with Crippen molar-refractivity contribution in [3.8, 4) is 0 Å². The second-order valence-corrected chi connectivity index (χ2v) is 4.49. The van der Waals surface area contributed by atoms with Gasteiger partial charge in [-0.15, -0.1) is 10.2 Å². The first kappa shape index (κ1) is 13.4. The smallest absolute Gasteiger partial charge is 0.276 e. The molecule has 2 rings (SSSR count). The second kappa shape index (κ2) is 5.75. The number of benzene rings is 1. The monoisotopic (exact) mass is 324 g/mol. The van der Waals surface area contributed by atoms with E-state index >= 15 is 0 Å². The Balaban J connectivity index is 2.13. The van der Waals surface area contributed by atoms with E-state index in [1.54, 1.807) is 19.2 Å². The summed E-state index contributed by atoms with van der Waals surface area (Å²) in [5.74, 6) is -0.231. The van der Waals surface area contributed by atoms with Crippen molar-refractivity contribution >= 4 is 33.3 Å². The molecule has 5 nitrogen and oxygen atoms in total. The lowest BCUT2D eigenvalue weighted by Crippen LogP contribution is -2.14. The normalized spacial score (nSPS) is 10.1. The van der Waals surface area contributed by atoms with Gasteiger partial charge in [-0.3, -0.25) is 4.79 Å². The van der Waals surface area contributed by atoms with Crippen LogP contribution in [0.5, 0.6) is 0 Å². The molecule has 0 saturated heterocycles. The van der Waals surface area contributed by atoms with Gasteiger partial charge in [-0.25, -0.2) is 4.39 Å². The van der Waals surface area contributed by atoms with Crippen LogP contribution < -0.4 is 10.6 Å². The standard InChI is InChI=1S/C12H10BrFN4O/c1-15-11-5-4-10(17-18-11)12(19)16-7-2-3-9(14)8(13)6-7/h2-6H,1H3,(H,15,18)(H,16,19). The summed E-state index contributed by atoms with van der Waals surface area (Å²) in [6.45, 7) is 0. The Hall–Kier alpha value is -2.02. The molecule has 1 heterocycles. The van der Waals surface area contributed by atoms with Gasteiger partial charge in [0, 0.05) is 12.7 Å². The Morgan fingerprint density at radius 3 is 2.63 bits per heavy atom. The van der Waals surface area contributed by atoms with Crippen molar-refractivity contribution < 1.29 is 9.18 Å². The van der Waals surface area contributed by atoms with Gasteiger partial charge in [0.15, 0.2) is 5.69 Å². The van der Waals surface area contributed by atoms with E-state index in [0.29, 0.717) is 11.5 Å². The summed E-state index contributed by atoms with van der Waals surface area (Å²) in [6.07, 6.45) is 0. The minimum absolute atomic E-state index is 0.180. The molecule has 0 aliphatic heterocycles. The molecular formula is C12H10BrFN4O.